The number of hydrogen-bond acceptors (Lipinski definition) is 3. The van der Waals surface area contributed by atoms with Gasteiger partial charge in [0.25, 0.3) is 5.91 Å². The third-order valence-corrected chi connectivity index (χ3v) is 4.41. The predicted octanol–water partition coefficient (Wildman–Crippen LogP) is 4.11. The number of ether oxygens (including phenoxy) is 2. The molecule has 1 aliphatic heterocycles. The standard InChI is InChI=1S/C20H23NO3/c1-14-6-3-10-19(15(14)2)21-20(22)16-7-4-8-17(12-16)24-13-18-9-5-11-23-18/h3-4,6-8,10,12,18H,5,9,11,13H2,1-2H3,(H,21,22). The molecule has 0 radical (unpaired) electrons. The normalized spacial score (nSPS) is 16.8. The van der Waals surface area contributed by atoms with Crippen LogP contribution in [0.4, 0.5) is 5.69 Å². The van der Waals surface area contributed by atoms with Crippen molar-refractivity contribution in [3.63, 3.8) is 0 Å². The van der Waals surface area contributed by atoms with Crippen LogP contribution in [0.2, 0.25) is 0 Å². The van der Waals surface area contributed by atoms with Crippen LogP contribution in [-0.2, 0) is 4.74 Å². The molecule has 1 atom stereocenters. The van der Waals surface area contributed by atoms with E-state index in [9.17, 15) is 4.79 Å². The summed E-state index contributed by atoms with van der Waals surface area (Å²) in [5, 5.41) is 2.97. The van der Waals surface area contributed by atoms with Crippen LogP contribution in [0.5, 0.6) is 5.75 Å². The van der Waals surface area contributed by atoms with Gasteiger partial charge in [-0.1, -0.05) is 18.2 Å². The summed E-state index contributed by atoms with van der Waals surface area (Å²) in [4.78, 5) is 12.5. The summed E-state index contributed by atoms with van der Waals surface area (Å²) < 4.78 is 11.3. The van der Waals surface area contributed by atoms with Crippen molar-refractivity contribution < 1.29 is 14.3 Å². The van der Waals surface area contributed by atoms with E-state index in [0.29, 0.717) is 17.9 Å². The lowest BCUT2D eigenvalue weighted by atomic mass is 10.1. The van der Waals surface area contributed by atoms with E-state index >= 15 is 0 Å². The number of anilines is 1. The van der Waals surface area contributed by atoms with Crippen LogP contribution in [0, 0.1) is 13.8 Å². The molecule has 1 heterocycles. The summed E-state index contributed by atoms with van der Waals surface area (Å²) >= 11 is 0. The van der Waals surface area contributed by atoms with Gasteiger partial charge in [-0.05, 0) is 62.1 Å². The zero-order chi connectivity index (χ0) is 16.9. The highest BCUT2D eigenvalue weighted by molar-refractivity contribution is 6.04. The fraction of sp³-hybridized carbons (Fsp3) is 0.350. The Balaban J connectivity index is 1.66. The Bertz CT molecular complexity index is 721. The Morgan fingerprint density at radius 3 is 2.88 bits per heavy atom. The van der Waals surface area contributed by atoms with Gasteiger partial charge in [0.15, 0.2) is 0 Å². The molecule has 2 aromatic carbocycles. The number of amides is 1. The molecular formula is C20H23NO3. The molecule has 3 rings (SSSR count). The maximum absolute atomic E-state index is 12.5. The molecular weight excluding hydrogens is 302 g/mol. The molecule has 0 bridgehead atoms. The van der Waals surface area contributed by atoms with Crippen molar-refractivity contribution in [2.24, 2.45) is 0 Å². The molecule has 1 aliphatic rings. The molecule has 1 unspecified atom stereocenters. The zero-order valence-corrected chi connectivity index (χ0v) is 14.2. The number of aryl methyl sites for hydroxylation is 1. The van der Waals surface area contributed by atoms with Gasteiger partial charge < -0.3 is 14.8 Å². The molecule has 126 valence electrons. The van der Waals surface area contributed by atoms with E-state index in [0.717, 1.165) is 36.3 Å². The van der Waals surface area contributed by atoms with Gasteiger partial charge in [-0.3, -0.25) is 4.79 Å². The fourth-order valence-electron chi connectivity index (χ4n) is 2.77. The summed E-state index contributed by atoms with van der Waals surface area (Å²) in [6.07, 6.45) is 2.29. The molecule has 1 amide bonds. The van der Waals surface area contributed by atoms with Gasteiger partial charge in [-0.2, -0.15) is 0 Å². The predicted molar refractivity (Wildman–Crippen MR) is 94.8 cm³/mol. The molecule has 4 heteroatoms. The van der Waals surface area contributed by atoms with Crippen LogP contribution in [0.3, 0.4) is 0 Å². The Hall–Kier alpha value is -2.33. The van der Waals surface area contributed by atoms with Crippen molar-refractivity contribution in [1.82, 2.24) is 0 Å². The van der Waals surface area contributed by atoms with Gasteiger partial charge in [0, 0.05) is 17.9 Å². The summed E-state index contributed by atoms with van der Waals surface area (Å²) in [7, 11) is 0. The molecule has 4 nitrogen and oxygen atoms in total. The first-order valence-corrected chi connectivity index (χ1v) is 8.35. The first kappa shape index (κ1) is 16.5. The minimum atomic E-state index is -0.133. The largest absolute Gasteiger partial charge is 0.491 e. The SMILES string of the molecule is Cc1cccc(NC(=O)c2cccc(OCC3CCCO3)c2)c1C. The van der Waals surface area contributed by atoms with E-state index in [1.54, 1.807) is 12.1 Å². The van der Waals surface area contributed by atoms with E-state index in [2.05, 4.69) is 5.32 Å². The summed E-state index contributed by atoms with van der Waals surface area (Å²) in [6, 6.07) is 13.2. The van der Waals surface area contributed by atoms with E-state index in [4.69, 9.17) is 9.47 Å². The van der Waals surface area contributed by atoms with E-state index < -0.39 is 0 Å². The van der Waals surface area contributed by atoms with Gasteiger partial charge in [0.2, 0.25) is 0 Å². The molecule has 0 spiro atoms. The van der Waals surface area contributed by atoms with Gasteiger partial charge >= 0.3 is 0 Å². The Morgan fingerprint density at radius 2 is 2.08 bits per heavy atom. The molecule has 24 heavy (non-hydrogen) atoms. The highest BCUT2D eigenvalue weighted by Gasteiger charge is 2.16. The minimum Gasteiger partial charge on any atom is -0.491 e. The molecule has 1 fully saturated rings. The van der Waals surface area contributed by atoms with Crippen molar-refractivity contribution in [3.05, 3.63) is 59.2 Å². The smallest absolute Gasteiger partial charge is 0.255 e. The van der Waals surface area contributed by atoms with Crippen molar-refractivity contribution >= 4 is 11.6 Å². The molecule has 2 aromatic rings. The number of hydrogen-bond donors (Lipinski definition) is 1. The summed E-state index contributed by atoms with van der Waals surface area (Å²) in [5.74, 6) is 0.561. The van der Waals surface area contributed by atoms with Crippen LogP contribution >= 0.6 is 0 Å². The lowest BCUT2D eigenvalue weighted by molar-refractivity contribution is 0.0679. The number of benzene rings is 2. The quantitative estimate of drug-likeness (QED) is 0.900. The van der Waals surface area contributed by atoms with Crippen molar-refractivity contribution in [2.45, 2.75) is 32.8 Å². The summed E-state index contributed by atoms with van der Waals surface area (Å²) in [6.45, 7) is 5.38. The summed E-state index contributed by atoms with van der Waals surface area (Å²) in [5.41, 5.74) is 3.66. The van der Waals surface area contributed by atoms with Crippen LogP contribution in [-0.4, -0.2) is 25.2 Å². The van der Waals surface area contributed by atoms with Crippen LogP contribution < -0.4 is 10.1 Å². The number of nitrogens with one attached hydrogen (secondary N) is 1. The molecule has 0 aromatic heterocycles. The molecule has 1 saturated heterocycles. The van der Waals surface area contributed by atoms with Crippen LogP contribution in [0.1, 0.15) is 34.3 Å². The minimum absolute atomic E-state index is 0.133. The Kier molecular flexibility index (Phi) is 5.16. The lowest BCUT2D eigenvalue weighted by Gasteiger charge is -2.13. The molecule has 0 aliphatic carbocycles. The number of carbonyl (C=O) groups excluding carboxylic acids is 1. The average molecular weight is 325 g/mol. The highest BCUT2D eigenvalue weighted by atomic mass is 16.5. The maximum atomic E-state index is 12.5. The fourth-order valence-corrected chi connectivity index (χ4v) is 2.77. The average Bonchev–Trinajstić information content (AvgIpc) is 3.11. The second-order valence-electron chi connectivity index (χ2n) is 6.18. The lowest BCUT2D eigenvalue weighted by Crippen LogP contribution is -2.17. The first-order valence-electron chi connectivity index (χ1n) is 8.35. The Labute approximate surface area is 142 Å². The third-order valence-electron chi connectivity index (χ3n) is 4.41. The maximum Gasteiger partial charge on any atom is 0.255 e. The van der Waals surface area contributed by atoms with Crippen molar-refractivity contribution in [1.29, 1.82) is 0 Å². The van der Waals surface area contributed by atoms with E-state index in [1.165, 1.54) is 0 Å². The van der Waals surface area contributed by atoms with Crippen molar-refractivity contribution in [3.8, 4) is 5.75 Å². The number of rotatable bonds is 5. The van der Waals surface area contributed by atoms with E-state index in [1.807, 2.05) is 44.2 Å². The third kappa shape index (κ3) is 3.95. The van der Waals surface area contributed by atoms with Crippen LogP contribution in [0.15, 0.2) is 42.5 Å². The first-order chi connectivity index (χ1) is 11.6. The Morgan fingerprint density at radius 1 is 1.25 bits per heavy atom. The van der Waals surface area contributed by atoms with Crippen LogP contribution in [0.25, 0.3) is 0 Å². The topological polar surface area (TPSA) is 47.6 Å². The van der Waals surface area contributed by atoms with Gasteiger partial charge in [-0.15, -0.1) is 0 Å². The molecule has 1 N–H and O–H groups in total. The van der Waals surface area contributed by atoms with Crippen molar-refractivity contribution in [2.75, 3.05) is 18.5 Å². The monoisotopic (exact) mass is 325 g/mol. The van der Waals surface area contributed by atoms with Gasteiger partial charge in [0.05, 0.1) is 6.10 Å². The number of carbonyl (C=O) groups is 1. The van der Waals surface area contributed by atoms with E-state index in [-0.39, 0.29) is 12.0 Å². The second-order valence-corrected chi connectivity index (χ2v) is 6.18. The zero-order valence-electron chi connectivity index (χ0n) is 14.2. The van der Waals surface area contributed by atoms with Gasteiger partial charge in [-0.25, -0.2) is 0 Å². The second kappa shape index (κ2) is 7.49. The highest BCUT2D eigenvalue weighted by Crippen LogP contribution is 2.21. The molecule has 0 saturated carbocycles. The van der Waals surface area contributed by atoms with Gasteiger partial charge in [0.1, 0.15) is 12.4 Å².